The summed E-state index contributed by atoms with van der Waals surface area (Å²) in [5, 5.41) is 2.91. The van der Waals surface area contributed by atoms with Gasteiger partial charge < -0.3 is 18.1 Å². The van der Waals surface area contributed by atoms with Gasteiger partial charge in [-0.3, -0.25) is 5.73 Å². The predicted molar refractivity (Wildman–Crippen MR) is 82.9 cm³/mol. The quantitative estimate of drug-likeness (QED) is 0.595. The van der Waals surface area contributed by atoms with Crippen molar-refractivity contribution in [3.63, 3.8) is 0 Å². The summed E-state index contributed by atoms with van der Waals surface area (Å²) < 4.78 is 2.01. The maximum Gasteiger partial charge on any atom is 0.357 e. The van der Waals surface area contributed by atoms with Crippen molar-refractivity contribution >= 4 is 17.6 Å². The molecule has 6 heteroatoms. The van der Waals surface area contributed by atoms with E-state index in [1.165, 1.54) is 5.56 Å². The zero-order valence-electron chi connectivity index (χ0n) is 13.0. The Morgan fingerprint density at radius 3 is 2.29 bits per heavy atom. The van der Waals surface area contributed by atoms with Gasteiger partial charge >= 0.3 is 5.96 Å². The van der Waals surface area contributed by atoms with Crippen molar-refractivity contribution in [1.29, 1.82) is 0 Å². The number of hydrogen-bond donors (Lipinski definition) is 3. The van der Waals surface area contributed by atoms with Gasteiger partial charge in [-0.25, -0.2) is 9.89 Å². The monoisotopic (exact) mass is 309 g/mol. The molecule has 1 unspecified atom stereocenters. The van der Waals surface area contributed by atoms with E-state index in [0.29, 0.717) is 11.9 Å². The Morgan fingerprint density at radius 1 is 1.24 bits per heavy atom. The molecule has 1 aromatic carbocycles. The van der Waals surface area contributed by atoms with Crippen LogP contribution in [0.5, 0.6) is 0 Å². The van der Waals surface area contributed by atoms with E-state index in [1.807, 2.05) is 11.5 Å². The Labute approximate surface area is 132 Å². The maximum atomic E-state index is 6.16. The molecule has 0 saturated carbocycles. The predicted octanol–water partition coefficient (Wildman–Crippen LogP) is -1.50. The average Bonchev–Trinajstić information content (AvgIpc) is 2.38. The van der Waals surface area contributed by atoms with Crippen LogP contribution in [0.1, 0.15) is 33.3 Å². The number of rotatable bonds is 3. The Bertz CT molecular complexity index is 562. The number of nitrogens with two attached hydrogens (primary N) is 2. The van der Waals surface area contributed by atoms with Crippen molar-refractivity contribution in [3.05, 3.63) is 29.8 Å². The molecular formula is C15H24ClN5. The normalized spacial score (nSPS) is 21.7. The summed E-state index contributed by atoms with van der Waals surface area (Å²) in [5.41, 5.74) is 13.8. The molecule has 1 aliphatic heterocycles. The number of halogens is 1. The van der Waals surface area contributed by atoms with Crippen LogP contribution < -0.4 is 29.2 Å². The lowest BCUT2D eigenvalue weighted by molar-refractivity contribution is -0.542. The van der Waals surface area contributed by atoms with Crippen LogP contribution >= 0.6 is 0 Å². The largest absolute Gasteiger partial charge is 1.00 e. The molecule has 5 nitrogen and oxygen atoms in total. The fourth-order valence-corrected chi connectivity index (χ4v) is 2.42. The number of nitrogens with zero attached hydrogens (tertiary/aromatic N) is 2. The molecule has 5 N–H and O–H groups in total. The first-order chi connectivity index (χ1) is 9.38. The van der Waals surface area contributed by atoms with E-state index in [2.05, 4.69) is 55.3 Å². The fourth-order valence-electron chi connectivity index (χ4n) is 2.42. The average molecular weight is 310 g/mol. The zero-order chi connectivity index (χ0) is 14.9. The number of aliphatic imine (C=N–C) groups is 1. The van der Waals surface area contributed by atoms with Crippen LogP contribution in [0.25, 0.3) is 0 Å². The minimum atomic E-state index is -0.493. The highest BCUT2D eigenvalue weighted by atomic mass is 35.5. The number of benzene rings is 1. The van der Waals surface area contributed by atoms with Gasteiger partial charge in [-0.05, 0) is 31.0 Å². The third kappa shape index (κ3) is 3.13. The molecular weight excluding hydrogens is 286 g/mol. The van der Waals surface area contributed by atoms with Crippen LogP contribution in [-0.2, 0) is 6.42 Å². The first kappa shape index (κ1) is 17.3. The molecule has 0 aromatic heterocycles. The second-order valence-corrected chi connectivity index (χ2v) is 5.61. The van der Waals surface area contributed by atoms with Gasteiger partial charge in [0, 0.05) is 5.92 Å². The summed E-state index contributed by atoms with van der Waals surface area (Å²) in [5.74, 6) is 1.13. The van der Waals surface area contributed by atoms with E-state index in [1.54, 1.807) is 0 Å². The molecule has 0 aliphatic carbocycles. The zero-order valence-corrected chi connectivity index (χ0v) is 13.8. The summed E-state index contributed by atoms with van der Waals surface area (Å²) in [7, 11) is 0. The molecule has 0 spiro atoms. The summed E-state index contributed by atoms with van der Waals surface area (Å²) in [6.45, 7) is 8.42. The highest BCUT2D eigenvalue weighted by Gasteiger charge is 2.41. The minimum Gasteiger partial charge on any atom is -1.00 e. The van der Waals surface area contributed by atoms with Crippen molar-refractivity contribution in [2.75, 3.05) is 0 Å². The molecule has 2 rings (SSSR count). The first-order valence-corrected chi connectivity index (χ1v) is 7.02. The van der Waals surface area contributed by atoms with E-state index < -0.39 is 5.66 Å². The highest BCUT2D eigenvalue weighted by molar-refractivity contribution is 5.96. The van der Waals surface area contributed by atoms with Gasteiger partial charge in [0.2, 0.25) is 0 Å². The summed E-state index contributed by atoms with van der Waals surface area (Å²) >= 11 is 0. The minimum absolute atomic E-state index is 0. The Morgan fingerprint density at radius 2 is 1.81 bits per heavy atom. The summed E-state index contributed by atoms with van der Waals surface area (Å²) in [6.07, 6.45) is 1.02. The van der Waals surface area contributed by atoms with Crippen LogP contribution in [0.15, 0.2) is 29.3 Å². The second kappa shape index (κ2) is 6.35. The molecule has 1 aromatic rings. The molecule has 1 heterocycles. The maximum absolute atomic E-state index is 6.16. The fraction of sp³-hybridized carbons (Fsp3) is 0.467. The van der Waals surface area contributed by atoms with E-state index in [0.717, 1.165) is 12.1 Å². The Hall–Kier alpha value is -1.75. The van der Waals surface area contributed by atoms with Crippen LogP contribution in [-0.4, -0.2) is 22.2 Å². The lowest BCUT2D eigenvalue weighted by Gasteiger charge is -2.34. The first-order valence-electron chi connectivity index (χ1n) is 7.02. The molecule has 0 amide bonds. The Balaban J connectivity index is 0.00000220. The molecule has 0 bridgehead atoms. The number of nitrogens with one attached hydrogen (secondary N) is 1. The van der Waals surface area contributed by atoms with Crippen LogP contribution in [0.3, 0.4) is 0 Å². The topological polar surface area (TPSA) is 79.4 Å². The number of guanidine groups is 2. The van der Waals surface area contributed by atoms with Crippen molar-refractivity contribution in [2.45, 2.75) is 39.8 Å². The van der Waals surface area contributed by atoms with Crippen LogP contribution in [0.4, 0.5) is 5.69 Å². The highest BCUT2D eigenvalue weighted by Crippen LogP contribution is 2.30. The molecule has 1 atom stereocenters. The van der Waals surface area contributed by atoms with E-state index >= 15 is 0 Å². The standard InChI is InChI=1S/C15H23N5.ClH/c1-5-11-6-8-12(9-7-11)20-14(17)18-13(16)19-15(20,4)10(2)3;/h6-10H,5H2,1-4H3,(H4,16,17,18,19);1H. The van der Waals surface area contributed by atoms with Gasteiger partial charge in [0.05, 0.1) is 0 Å². The molecule has 1 aliphatic rings. The van der Waals surface area contributed by atoms with E-state index in [-0.39, 0.29) is 18.3 Å². The summed E-state index contributed by atoms with van der Waals surface area (Å²) in [6, 6.07) is 8.38. The lowest BCUT2D eigenvalue weighted by atomic mass is 9.96. The number of aryl methyl sites for hydroxylation is 1. The summed E-state index contributed by atoms with van der Waals surface area (Å²) in [4.78, 5) is 4.57. The van der Waals surface area contributed by atoms with E-state index in [9.17, 15) is 0 Å². The SMILES string of the molecule is CCc1ccc([N+]2=C(N)NC(N)=NC2(C)C(C)C)cc1.[Cl-]. The van der Waals surface area contributed by atoms with Gasteiger partial charge in [-0.1, -0.05) is 32.9 Å². The Kier molecular flexibility index (Phi) is 5.23. The smallest absolute Gasteiger partial charge is 0.357 e. The van der Waals surface area contributed by atoms with Gasteiger partial charge in [0.1, 0.15) is 5.69 Å². The lowest BCUT2D eigenvalue weighted by Crippen LogP contribution is -3.00. The molecule has 116 valence electrons. The third-order valence-corrected chi connectivity index (χ3v) is 3.99. The van der Waals surface area contributed by atoms with Gasteiger partial charge in [-0.2, -0.15) is 4.99 Å². The van der Waals surface area contributed by atoms with Gasteiger partial charge in [-0.15, -0.1) is 0 Å². The second-order valence-electron chi connectivity index (χ2n) is 5.61. The van der Waals surface area contributed by atoms with Crippen molar-refractivity contribution < 1.29 is 17.0 Å². The van der Waals surface area contributed by atoms with Crippen LogP contribution in [0.2, 0.25) is 0 Å². The molecule has 21 heavy (non-hydrogen) atoms. The van der Waals surface area contributed by atoms with Crippen molar-refractivity contribution in [3.8, 4) is 0 Å². The molecule has 0 fully saturated rings. The van der Waals surface area contributed by atoms with Crippen molar-refractivity contribution in [2.24, 2.45) is 22.4 Å². The van der Waals surface area contributed by atoms with Gasteiger partial charge in [0.15, 0.2) is 5.66 Å². The molecule has 0 saturated heterocycles. The third-order valence-electron chi connectivity index (χ3n) is 3.99. The van der Waals surface area contributed by atoms with E-state index in [4.69, 9.17) is 11.5 Å². The van der Waals surface area contributed by atoms with Crippen molar-refractivity contribution in [1.82, 2.24) is 5.32 Å². The number of hydrogen-bond acceptors (Lipinski definition) is 4. The van der Waals surface area contributed by atoms with Gasteiger partial charge in [0.25, 0.3) is 5.96 Å². The molecule has 0 radical (unpaired) electrons. The van der Waals surface area contributed by atoms with Crippen LogP contribution in [0, 0.1) is 5.92 Å².